The molecule has 2 rings (SSSR count). The highest BCUT2D eigenvalue weighted by Crippen LogP contribution is 2.21. The number of unbranched alkanes of at least 4 members (excludes halogenated alkanes) is 2. The Hall–Kier alpha value is -1.40. The lowest BCUT2D eigenvalue weighted by molar-refractivity contribution is -0.132. The van der Waals surface area contributed by atoms with Gasteiger partial charge in [0.2, 0.25) is 15.9 Å². The smallest absolute Gasteiger partial charge is 0.243 e. The van der Waals surface area contributed by atoms with Crippen LogP contribution in [-0.2, 0) is 14.8 Å². The van der Waals surface area contributed by atoms with Gasteiger partial charge < -0.3 is 4.90 Å². The van der Waals surface area contributed by atoms with Crippen LogP contribution >= 0.6 is 0 Å². The second kappa shape index (κ2) is 8.81. The Morgan fingerprint density at radius 1 is 1.04 bits per heavy atom. The molecule has 25 heavy (non-hydrogen) atoms. The van der Waals surface area contributed by atoms with Crippen molar-refractivity contribution in [3.63, 3.8) is 0 Å². The molecule has 1 amide bonds. The van der Waals surface area contributed by atoms with Crippen molar-refractivity contribution in [2.75, 3.05) is 26.2 Å². The quantitative estimate of drug-likeness (QED) is 0.696. The molecule has 0 bridgehead atoms. The lowest BCUT2D eigenvalue weighted by Crippen LogP contribution is -2.50. The van der Waals surface area contributed by atoms with Crippen LogP contribution < -0.4 is 0 Å². The molecule has 0 radical (unpaired) electrons. The van der Waals surface area contributed by atoms with Crippen LogP contribution in [0, 0.1) is 0 Å². The van der Waals surface area contributed by atoms with Crippen molar-refractivity contribution in [1.82, 2.24) is 9.21 Å². The van der Waals surface area contributed by atoms with Gasteiger partial charge in [-0.3, -0.25) is 4.79 Å². The van der Waals surface area contributed by atoms with Crippen molar-refractivity contribution < 1.29 is 13.2 Å². The van der Waals surface area contributed by atoms with Crippen molar-refractivity contribution in [1.29, 1.82) is 0 Å². The maximum Gasteiger partial charge on any atom is 0.243 e. The number of hydrogen-bond acceptors (Lipinski definition) is 3. The van der Waals surface area contributed by atoms with Gasteiger partial charge in [-0.05, 0) is 30.0 Å². The molecular weight excluding hydrogens is 336 g/mol. The minimum atomic E-state index is -3.48. The zero-order valence-electron chi connectivity index (χ0n) is 15.6. The van der Waals surface area contributed by atoms with Crippen LogP contribution in [0.2, 0.25) is 0 Å². The monoisotopic (exact) mass is 366 g/mol. The highest BCUT2D eigenvalue weighted by Gasteiger charge is 2.29. The zero-order chi connectivity index (χ0) is 18.4. The summed E-state index contributed by atoms with van der Waals surface area (Å²) < 4.78 is 27.0. The molecule has 1 fully saturated rings. The van der Waals surface area contributed by atoms with Gasteiger partial charge in [-0.15, -0.1) is 0 Å². The summed E-state index contributed by atoms with van der Waals surface area (Å²) in [5.74, 6) is 0.519. The average Bonchev–Trinajstić information content (AvgIpc) is 2.62. The lowest BCUT2D eigenvalue weighted by atomic mass is 10.0. The second-order valence-electron chi connectivity index (χ2n) is 6.97. The van der Waals surface area contributed by atoms with Crippen molar-refractivity contribution >= 4 is 15.9 Å². The SMILES string of the molecule is CCCCCC(=O)N1CCN(S(=O)(=O)c2ccc(C(C)C)cc2)CC1. The summed E-state index contributed by atoms with van der Waals surface area (Å²) in [5, 5.41) is 0. The predicted molar refractivity (Wildman–Crippen MR) is 100 cm³/mol. The number of nitrogens with zero attached hydrogens (tertiary/aromatic N) is 2. The first-order valence-electron chi connectivity index (χ1n) is 9.24. The third-order valence-electron chi connectivity index (χ3n) is 4.77. The number of rotatable bonds is 7. The molecule has 1 saturated heterocycles. The third kappa shape index (κ3) is 5.05. The van der Waals surface area contributed by atoms with Gasteiger partial charge >= 0.3 is 0 Å². The van der Waals surface area contributed by atoms with E-state index in [0.717, 1.165) is 24.8 Å². The minimum absolute atomic E-state index is 0.145. The Balaban J connectivity index is 1.95. The number of sulfonamides is 1. The van der Waals surface area contributed by atoms with Gasteiger partial charge in [-0.2, -0.15) is 4.31 Å². The van der Waals surface area contributed by atoms with Gasteiger partial charge in [0, 0.05) is 32.6 Å². The highest BCUT2D eigenvalue weighted by molar-refractivity contribution is 7.89. The largest absolute Gasteiger partial charge is 0.340 e. The van der Waals surface area contributed by atoms with Crippen LogP contribution in [0.3, 0.4) is 0 Å². The maximum absolute atomic E-state index is 12.8. The molecular formula is C19H30N2O3S. The second-order valence-corrected chi connectivity index (χ2v) is 8.90. The van der Waals surface area contributed by atoms with Crippen molar-refractivity contribution in [3.8, 4) is 0 Å². The van der Waals surface area contributed by atoms with Crippen LogP contribution in [0.5, 0.6) is 0 Å². The van der Waals surface area contributed by atoms with Crippen LogP contribution in [-0.4, -0.2) is 49.7 Å². The molecule has 1 aliphatic rings. The van der Waals surface area contributed by atoms with Gasteiger partial charge in [0.15, 0.2) is 0 Å². The Labute approximate surface area is 152 Å². The molecule has 0 atom stereocenters. The summed E-state index contributed by atoms with van der Waals surface area (Å²) >= 11 is 0. The topological polar surface area (TPSA) is 57.7 Å². The van der Waals surface area contributed by atoms with E-state index in [-0.39, 0.29) is 5.91 Å². The molecule has 0 aromatic heterocycles. The molecule has 0 spiro atoms. The number of benzene rings is 1. The van der Waals surface area contributed by atoms with Gasteiger partial charge in [0.1, 0.15) is 0 Å². The van der Waals surface area contributed by atoms with Crippen LogP contribution in [0.15, 0.2) is 29.2 Å². The minimum Gasteiger partial charge on any atom is -0.340 e. The molecule has 0 saturated carbocycles. The van der Waals surface area contributed by atoms with Crippen molar-refractivity contribution in [2.45, 2.75) is 57.3 Å². The first-order valence-corrected chi connectivity index (χ1v) is 10.7. The Kier molecular flexibility index (Phi) is 7.02. The van der Waals surface area contributed by atoms with Crippen molar-refractivity contribution in [3.05, 3.63) is 29.8 Å². The molecule has 6 heteroatoms. The predicted octanol–water partition coefficient (Wildman–Crippen LogP) is 3.22. The molecule has 1 aromatic carbocycles. The summed E-state index contributed by atoms with van der Waals surface area (Å²) in [6.07, 6.45) is 3.63. The normalized spacial score (nSPS) is 16.4. The lowest BCUT2D eigenvalue weighted by Gasteiger charge is -2.34. The highest BCUT2D eigenvalue weighted by atomic mass is 32.2. The van der Waals surface area contributed by atoms with E-state index in [1.165, 1.54) is 4.31 Å². The van der Waals surface area contributed by atoms with E-state index in [1.807, 2.05) is 12.1 Å². The molecule has 0 aliphatic carbocycles. The standard InChI is InChI=1S/C19H30N2O3S/c1-4-5-6-7-19(22)20-12-14-21(15-13-20)25(23,24)18-10-8-17(9-11-18)16(2)3/h8-11,16H,4-7,12-15H2,1-3H3. The molecule has 1 aromatic rings. The summed E-state index contributed by atoms with van der Waals surface area (Å²) in [5.41, 5.74) is 1.13. The first-order chi connectivity index (χ1) is 11.9. The fourth-order valence-electron chi connectivity index (χ4n) is 3.04. The van der Waals surface area contributed by atoms with Gasteiger partial charge in [-0.1, -0.05) is 45.7 Å². The van der Waals surface area contributed by atoms with Crippen LogP contribution in [0.1, 0.15) is 57.9 Å². The van der Waals surface area contributed by atoms with E-state index >= 15 is 0 Å². The average molecular weight is 367 g/mol. The zero-order valence-corrected chi connectivity index (χ0v) is 16.4. The van der Waals surface area contributed by atoms with Crippen LogP contribution in [0.4, 0.5) is 0 Å². The van der Waals surface area contributed by atoms with E-state index in [2.05, 4.69) is 20.8 Å². The summed E-state index contributed by atoms with van der Waals surface area (Å²) in [6, 6.07) is 7.13. The van der Waals surface area contributed by atoms with Crippen molar-refractivity contribution in [2.24, 2.45) is 0 Å². The fraction of sp³-hybridized carbons (Fsp3) is 0.632. The summed E-state index contributed by atoms with van der Waals surface area (Å²) in [4.78, 5) is 14.3. The molecule has 0 N–H and O–H groups in total. The molecule has 5 nitrogen and oxygen atoms in total. The number of piperazine rings is 1. The van der Waals surface area contributed by atoms with E-state index in [0.29, 0.717) is 43.4 Å². The van der Waals surface area contributed by atoms with E-state index in [4.69, 9.17) is 0 Å². The number of hydrogen-bond donors (Lipinski definition) is 0. The summed E-state index contributed by atoms with van der Waals surface area (Å²) in [6.45, 7) is 7.98. The Bertz CT molecular complexity index is 660. The number of carbonyl (C=O) groups excluding carboxylic acids is 1. The Morgan fingerprint density at radius 3 is 2.16 bits per heavy atom. The van der Waals surface area contributed by atoms with E-state index < -0.39 is 10.0 Å². The number of carbonyl (C=O) groups is 1. The third-order valence-corrected chi connectivity index (χ3v) is 6.68. The van der Waals surface area contributed by atoms with Gasteiger partial charge in [-0.25, -0.2) is 8.42 Å². The Morgan fingerprint density at radius 2 is 1.64 bits per heavy atom. The molecule has 1 heterocycles. The van der Waals surface area contributed by atoms with Gasteiger partial charge in [0.05, 0.1) is 4.90 Å². The first kappa shape index (κ1) is 19.9. The number of amides is 1. The summed E-state index contributed by atoms with van der Waals surface area (Å²) in [7, 11) is -3.48. The maximum atomic E-state index is 12.8. The van der Waals surface area contributed by atoms with Crippen LogP contribution in [0.25, 0.3) is 0 Å². The molecule has 1 aliphatic heterocycles. The van der Waals surface area contributed by atoms with E-state index in [9.17, 15) is 13.2 Å². The van der Waals surface area contributed by atoms with Gasteiger partial charge in [0.25, 0.3) is 0 Å². The fourth-order valence-corrected chi connectivity index (χ4v) is 4.46. The molecule has 140 valence electrons. The van der Waals surface area contributed by atoms with E-state index in [1.54, 1.807) is 17.0 Å². The molecule has 0 unspecified atom stereocenters.